The van der Waals surface area contributed by atoms with Crippen LogP contribution in [0.15, 0.2) is 11.4 Å². The number of nitrogens with one attached hydrogen (secondary N) is 1. The minimum Gasteiger partial charge on any atom is -0.313 e. The first kappa shape index (κ1) is 13.5. The third kappa shape index (κ3) is 3.76. The van der Waals surface area contributed by atoms with Gasteiger partial charge in [0.25, 0.3) is 0 Å². The summed E-state index contributed by atoms with van der Waals surface area (Å²) in [6.07, 6.45) is 3.81. The van der Waals surface area contributed by atoms with Gasteiger partial charge in [0.1, 0.15) is 0 Å². The lowest BCUT2D eigenvalue weighted by atomic mass is 10.0. The number of rotatable bonds is 5. The Hall–Kier alpha value is -0.980. The monoisotopic (exact) mass is 269 g/mol. The Morgan fingerprint density at radius 2 is 2.44 bits per heavy atom. The molecule has 1 atom stereocenters. The van der Waals surface area contributed by atoms with Crippen LogP contribution in [-0.2, 0) is 6.54 Å². The first-order valence-electron chi connectivity index (χ1n) is 6.29. The normalized spacial score (nSPS) is 20.2. The maximum Gasteiger partial charge on any atom is 0.324 e. The van der Waals surface area contributed by atoms with E-state index < -0.39 is 0 Å². The van der Waals surface area contributed by atoms with Crippen LogP contribution in [0.1, 0.15) is 24.8 Å². The topological polar surface area (TPSA) is 58.4 Å². The minimum absolute atomic E-state index is 0.231. The van der Waals surface area contributed by atoms with Gasteiger partial charge in [-0.05, 0) is 32.0 Å². The van der Waals surface area contributed by atoms with Gasteiger partial charge in [-0.1, -0.05) is 17.8 Å². The number of nitro groups is 1. The van der Waals surface area contributed by atoms with Crippen LogP contribution in [0.5, 0.6) is 0 Å². The summed E-state index contributed by atoms with van der Waals surface area (Å²) in [4.78, 5) is 12.5. The van der Waals surface area contributed by atoms with Gasteiger partial charge in [0.15, 0.2) is 0 Å². The van der Waals surface area contributed by atoms with Gasteiger partial charge in [-0.3, -0.25) is 10.1 Å². The fraction of sp³-hybridized carbons (Fsp3) is 0.667. The molecule has 1 N–H and O–H groups in total. The predicted octanol–water partition coefficient (Wildman–Crippen LogP) is 2.23. The zero-order valence-corrected chi connectivity index (χ0v) is 11.4. The zero-order valence-electron chi connectivity index (χ0n) is 10.6. The van der Waals surface area contributed by atoms with Gasteiger partial charge in [0.2, 0.25) is 0 Å². The van der Waals surface area contributed by atoms with Crippen LogP contribution in [0.3, 0.4) is 0 Å². The molecule has 18 heavy (non-hydrogen) atoms. The number of hydrogen-bond donors (Lipinski definition) is 1. The van der Waals surface area contributed by atoms with E-state index in [1.54, 1.807) is 6.07 Å². The quantitative estimate of drug-likeness (QED) is 0.658. The molecule has 6 heteroatoms. The molecule has 1 aromatic heterocycles. The Kier molecular flexibility index (Phi) is 4.68. The molecule has 0 saturated carbocycles. The maximum absolute atomic E-state index is 10.6. The molecule has 100 valence electrons. The molecule has 1 aliphatic rings. The van der Waals surface area contributed by atoms with Crippen molar-refractivity contribution in [1.29, 1.82) is 0 Å². The average Bonchev–Trinajstić information content (AvgIpc) is 2.78. The summed E-state index contributed by atoms with van der Waals surface area (Å²) >= 11 is 1.20. The highest BCUT2D eigenvalue weighted by molar-refractivity contribution is 7.13. The number of nitrogens with zero attached hydrogens (tertiary/aromatic N) is 2. The van der Waals surface area contributed by atoms with Gasteiger partial charge in [-0.15, -0.1) is 0 Å². The van der Waals surface area contributed by atoms with Crippen molar-refractivity contribution in [3.8, 4) is 0 Å². The van der Waals surface area contributed by atoms with Crippen molar-refractivity contribution in [2.45, 2.75) is 31.8 Å². The molecule has 2 heterocycles. The van der Waals surface area contributed by atoms with E-state index in [0.717, 1.165) is 25.2 Å². The van der Waals surface area contributed by atoms with Crippen molar-refractivity contribution >= 4 is 16.3 Å². The molecule has 0 bridgehead atoms. The molecular weight excluding hydrogens is 250 g/mol. The van der Waals surface area contributed by atoms with Gasteiger partial charge >= 0.3 is 5.00 Å². The van der Waals surface area contributed by atoms with Crippen LogP contribution in [0.25, 0.3) is 0 Å². The lowest BCUT2D eigenvalue weighted by Gasteiger charge is -2.27. The summed E-state index contributed by atoms with van der Waals surface area (Å²) in [5.41, 5.74) is 1.03. The van der Waals surface area contributed by atoms with Crippen molar-refractivity contribution in [3.63, 3.8) is 0 Å². The third-order valence-electron chi connectivity index (χ3n) is 3.22. The van der Waals surface area contributed by atoms with Gasteiger partial charge in [-0.25, -0.2) is 0 Å². The molecule has 0 spiro atoms. The number of hydrogen-bond acceptors (Lipinski definition) is 5. The molecule has 0 aromatic carbocycles. The molecule has 1 unspecified atom stereocenters. The highest BCUT2D eigenvalue weighted by Crippen LogP contribution is 2.23. The van der Waals surface area contributed by atoms with E-state index in [-0.39, 0.29) is 9.92 Å². The van der Waals surface area contributed by atoms with Gasteiger partial charge in [0, 0.05) is 30.6 Å². The van der Waals surface area contributed by atoms with E-state index >= 15 is 0 Å². The highest BCUT2D eigenvalue weighted by atomic mass is 32.1. The molecule has 5 nitrogen and oxygen atoms in total. The Morgan fingerprint density at radius 1 is 1.61 bits per heavy atom. The summed E-state index contributed by atoms with van der Waals surface area (Å²) in [6, 6.07) is 2.24. The standard InChI is InChI=1S/C12H19N3O2S/c1-14(8-11-4-2-3-5-13-11)7-10-6-12(15(16)17)18-9-10/h6,9,11,13H,2-5,7-8H2,1H3. The largest absolute Gasteiger partial charge is 0.324 e. The Bertz CT molecular complexity index is 402. The van der Waals surface area contributed by atoms with E-state index in [0.29, 0.717) is 6.04 Å². The van der Waals surface area contributed by atoms with Crippen molar-refractivity contribution in [1.82, 2.24) is 10.2 Å². The van der Waals surface area contributed by atoms with Gasteiger partial charge < -0.3 is 10.2 Å². The Balaban J connectivity index is 1.82. The van der Waals surface area contributed by atoms with Crippen molar-refractivity contribution in [3.05, 3.63) is 27.1 Å². The van der Waals surface area contributed by atoms with E-state index in [9.17, 15) is 10.1 Å². The SMILES string of the molecule is CN(Cc1csc([N+](=O)[O-])c1)CC1CCCCN1. The summed E-state index contributed by atoms with van der Waals surface area (Å²) in [6.45, 7) is 2.90. The second-order valence-corrected chi connectivity index (χ2v) is 5.78. The van der Waals surface area contributed by atoms with Crippen LogP contribution in [0.2, 0.25) is 0 Å². The van der Waals surface area contributed by atoms with E-state index in [1.165, 1.54) is 30.6 Å². The van der Waals surface area contributed by atoms with E-state index in [2.05, 4.69) is 17.3 Å². The van der Waals surface area contributed by atoms with Crippen LogP contribution >= 0.6 is 11.3 Å². The number of thiophene rings is 1. The zero-order chi connectivity index (χ0) is 13.0. The predicted molar refractivity (Wildman–Crippen MR) is 72.9 cm³/mol. The van der Waals surface area contributed by atoms with Crippen molar-refractivity contribution in [2.75, 3.05) is 20.1 Å². The van der Waals surface area contributed by atoms with Gasteiger partial charge in [0.05, 0.1) is 4.92 Å². The lowest BCUT2D eigenvalue weighted by Crippen LogP contribution is -2.42. The molecule has 0 amide bonds. The number of likely N-dealkylation sites (N-methyl/N-ethyl adjacent to an activating group) is 1. The van der Waals surface area contributed by atoms with Crippen LogP contribution in [-0.4, -0.2) is 36.0 Å². The number of piperidine rings is 1. The lowest BCUT2D eigenvalue weighted by molar-refractivity contribution is -0.380. The van der Waals surface area contributed by atoms with Crippen LogP contribution in [0.4, 0.5) is 5.00 Å². The second kappa shape index (κ2) is 6.26. The summed E-state index contributed by atoms with van der Waals surface area (Å²) in [5, 5.41) is 16.2. The summed E-state index contributed by atoms with van der Waals surface area (Å²) in [7, 11) is 2.07. The fourth-order valence-corrected chi connectivity index (χ4v) is 3.09. The highest BCUT2D eigenvalue weighted by Gasteiger charge is 2.16. The summed E-state index contributed by atoms with van der Waals surface area (Å²) in [5.74, 6) is 0. The fourth-order valence-electron chi connectivity index (χ4n) is 2.37. The van der Waals surface area contributed by atoms with Gasteiger partial charge in [-0.2, -0.15) is 0 Å². The molecular formula is C12H19N3O2S. The van der Waals surface area contributed by atoms with E-state index in [1.807, 2.05) is 5.38 Å². The van der Waals surface area contributed by atoms with Crippen LogP contribution < -0.4 is 5.32 Å². The first-order valence-corrected chi connectivity index (χ1v) is 7.17. The Labute approximate surface area is 111 Å². The molecule has 1 aliphatic heterocycles. The molecule has 0 aliphatic carbocycles. The second-order valence-electron chi connectivity index (χ2n) is 4.89. The Morgan fingerprint density at radius 3 is 3.06 bits per heavy atom. The summed E-state index contributed by atoms with van der Waals surface area (Å²) < 4.78 is 0. The molecule has 1 saturated heterocycles. The maximum atomic E-state index is 10.6. The van der Waals surface area contributed by atoms with Crippen LogP contribution in [0, 0.1) is 10.1 Å². The van der Waals surface area contributed by atoms with Crippen molar-refractivity contribution in [2.24, 2.45) is 0 Å². The molecule has 2 rings (SSSR count). The minimum atomic E-state index is -0.323. The third-order valence-corrected chi connectivity index (χ3v) is 4.15. The first-order chi connectivity index (χ1) is 8.65. The molecule has 1 fully saturated rings. The molecule has 1 aromatic rings. The smallest absolute Gasteiger partial charge is 0.313 e. The average molecular weight is 269 g/mol. The molecule has 0 radical (unpaired) electrons. The van der Waals surface area contributed by atoms with E-state index in [4.69, 9.17) is 0 Å². The van der Waals surface area contributed by atoms with Crippen molar-refractivity contribution < 1.29 is 4.92 Å².